The van der Waals surface area contributed by atoms with E-state index < -0.39 is 29.8 Å². The predicted molar refractivity (Wildman–Crippen MR) is 84.0 cm³/mol. The summed E-state index contributed by atoms with van der Waals surface area (Å²) in [7, 11) is 0. The maximum Gasteiger partial charge on any atom is 0.407 e. The Morgan fingerprint density at radius 2 is 2.04 bits per heavy atom. The van der Waals surface area contributed by atoms with E-state index >= 15 is 0 Å². The molecule has 0 bridgehead atoms. The molecule has 0 saturated carbocycles. The molecule has 1 aromatic rings. The summed E-state index contributed by atoms with van der Waals surface area (Å²) in [5.41, 5.74) is -1.59. The molecule has 0 saturated heterocycles. The van der Waals surface area contributed by atoms with Crippen LogP contribution in [0.3, 0.4) is 0 Å². The minimum atomic E-state index is -2.97. The van der Waals surface area contributed by atoms with E-state index in [1.54, 1.807) is 27.7 Å². The molecule has 1 atom stereocenters. The maximum atomic E-state index is 12.7. The third-order valence-electron chi connectivity index (χ3n) is 2.44. The fourth-order valence-electron chi connectivity index (χ4n) is 1.56. The van der Waals surface area contributed by atoms with Gasteiger partial charge in [0, 0.05) is 16.7 Å². The van der Waals surface area contributed by atoms with E-state index in [0.29, 0.717) is 0 Å². The molecule has 0 unspecified atom stereocenters. The van der Waals surface area contributed by atoms with Crippen LogP contribution < -0.4 is 15.6 Å². The zero-order chi connectivity index (χ0) is 17.8. The standard InChI is InChI=1S/C14H19BrF2N2O4/c1-8(18-13(21)23-14(2,3)4)7-22-10-5-9(15)6-19(11(10)20)12(16)17/h5-6,8,12H,7H2,1-4H3,(H,18,21)/t8-/m1/s1. The highest BCUT2D eigenvalue weighted by atomic mass is 79.9. The van der Waals surface area contributed by atoms with Crippen molar-refractivity contribution in [1.82, 2.24) is 9.88 Å². The second-order valence-electron chi connectivity index (χ2n) is 5.87. The summed E-state index contributed by atoms with van der Waals surface area (Å²) in [5, 5.41) is 2.52. The normalized spacial score (nSPS) is 12.9. The van der Waals surface area contributed by atoms with Crippen molar-refractivity contribution >= 4 is 22.0 Å². The quantitative estimate of drug-likeness (QED) is 0.828. The Bertz CT molecular complexity index is 614. The van der Waals surface area contributed by atoms with E-state index in [2.05, 4.69) is 21.2 Å². The van der Waals surface area contributed by atoms with Gasteiger partial charge in [0.1, 0.15) is 12.2 Å². The predicted octanol–water partition coefficient (Wildman–Crippen LogP) is 3.30. The van der Waals surface area contributed by atoms with Crippen LogP contribution in [-0.2, 0) is 4.74 Å². The third-order valence-corrected chi connectivity index (χ3v) is 2.87. The van der Waals surface area contributed by atoms with Crippen LogP contribution in [0.1, 0.15) is 34.2 Å². The van der Waals surface area contributed by atoms with Crippen molar-refractivity contribution in [2.24, 2.45) is 0 Å². The number of carbonyl (C=O) groups excluding carboxylic acids is 1. The molecule has 0 aliphatic carbocycles. The molecule has 6 nitrogen and oxygen atoms in total. The summed E-state index contributed by atoms with van der Waals surface area (Å²) >= 11 is 3.03. The van der Waals surface area contributed by atoms with Gasteiger partial charge in [-0.1, -0.05) is 0 Å². The number of alkyl halides is 2. The second-order valence-corrected chi connectivity index (χ2v) is 6.79. The number of hydrogen-bond donors (Lipinski definition) is 1. The first-order valence-electron chi connectivity index (χ1n) is 6.82. The van der Waals surface area contributed by atoms with Gasteiger partial charge in [-0.2, -0.15) is 8.78 Å². The molecule has 0 aromatic carbocycles. The second kappa shape index (κ2) is 7.76. The highest BCUT2D eigenvalue weighted by molar-refractivity contribution is 9.10. The van der Waals surface area contributed by atoms with Gasteiger partial charge in [0.05, 0.1) is 6.04 Å². The van der Waals surface area contributed by atoms with Crippen LogP contribution in [-0.4, -0.2) is 28.9 Å². The van der Waals surface area contributed by atoms with Gasteiger partial charge in [0.15, 0.2) is 5.75 Å². The maximum absolute atomic E-state index is 12.7. The van der Waals surface area contributed by atoms with Crippen LogP contribution in [0.5, 0.6) is 5.75 Å². The first kappa shape index (κ1) is 19.4. The van der Waals surface area contributed by atoms with Gasteiger partial charge in [0.2, 0.25) is 0 Å². The van der Waals surface area contributed by atoms with E-state index in [4.69, 9.17) is 9.47 Å². The molecular formula is C14H19BrF2N2O4. The number of hydrogen-bond acceptors (Lipinski definition) is 4. The van der Waals surface area contributed by atoms with Crippen LogP contribution in [0.15, 0.2) is 21.5 Å². The largest absolute Gasteiger partial charge is 0.486 e. The lowest BCUT2D eigenvalue weighted by molar-refractivity contribution is 0.0493. The number of rotatable bonds is 5. The van der Waals surface area contributed by atoms with Crippen LogP contribution in [0, 0.1) is 0 Å². The number of nitrogens with one attached hydrogen (secondary N) is 1. The van der Waals surface area contributed by atoms with E-state index in [9.17, 15) is 18.4 Å². The highest BCUT2D eigenvalue weighted by Crippen LogP contribution is 2.18. The van der Waals surface area contributed by atoms with Crippen molar-refractivity contribution in [1.29, 1.82) is 0 Å². The molecule has 9 heteroatoms. The number of ether oxygens (including phenoxy) is 2. The number of aromatic nitrogens is 1. The molecule has 130 valence electrons. The van der Waals surface area contributed by atoms with Crippen molar-refractivity contribution in [3.63, 3.8) is 0 Å². The first-order valence-corrected chi connectivity index (χ1v) is 7.61. The number of carbonyl (C=O) groups is 1. The van der Waals surface area contributed by atoms with Crippen molar-refractivity contribution in [2.75, 3.05) is 6.61 Å². The SMILES string of the molecule is C[C@H](COc1cc(Br)cn(C(F)F)c1=O)NC(=O)OC(C)(C)C. The Morgan fingerprint density at radius 3 is 2.57 bits per heavy atom. The molecule has 1 N–H and O–H groups in total. The van der Waals surface area contributed by atoms with Crippen LogP contribution >= 0.6 is 15.9 Å². The van der Waals surface area contributed by atoms with Gasteiger partial charge in [-0.3, -0.25) is 9.36 Å². The van der Waals surface area contributed by atoms with Crippen LogP contribution in [0.4, 0.5) is 13.6 Å². The summed E-state index contributed by atoms with van der Waals surface area (Å²) in [6.45, 7) is 3.76. The lowest BCUT2D eigenvalue weighted by Crippen LogP contribution is -2.40. The van der Waals surface area contributed by atoms with Gasteiger partial charge in [-0.25, -0.2) is 4.79 Å². The molecule has 1 amide bonds. The van der Waals surface area contributed by atoms with Crippen molar-refractivity contribution in [3.8, 4) is 5.75 Å². The summed E-state index contributed by atoms with van der Waals surface area (Å²) in [4.78, 5) is 23.4. The zero-order valence-corrected chi connectivity index (χ0v) is 14.8. The van der Waals surface area contributed by atoms with Gasteiger partial charge < -0.3 is 14.8 Å². The Labute approximate surface area is 140 Å². The fourth-order valence-corrected chi connectivity index (χ4v) is 1.99. The van der Waals surface area contributed by atoms with E-state index in [1.807, 2.05) is 0 Å². The summed E-state index contributed by atoms with van der Waals surface area (Å²) < 4.78 is 36.3. The molecule has 0 fully saturated rings. The molecule has 0 aliphatic heterocycles. The lowest BCUT2D eigenvalue weighted by Gasteiger charge is -2.22. The molecule has 23 heavy (non-hydrogen) atoms. The molecule has 0 aliphatic rings. The fraction of sp³-hybridized carbons (Fsp3) is 0.571. The Hall–Kier alpha value is -1.64. The number of halogens is 3. The van der Waals surface area contributed by atoms with E-state index in [-0.39, 0.29) is 21.4 Å². The van der Waals surface area contributed by atoms with Crippen molar-refractivity contribution in [3.05, 3.63) is 27.1 Å². The van der Waals surface area contributed by atoms with E-state index in [0.717, 1.165) is 6.20 Å². The van der Waals surface area contributed by atoms with Crippen LogP contribution in [0.2, 0.25) is 0 Å². The molecule has 1 heterocycles. The monoisotopic (exact) mass is 396 g/mol. The van der Waals surface area contributed by atoms with Gasteiger partial charge in [0.25, 0.3) is 5.56 Å². The molecule has 0 radical (unpaired) electrons. The van der Waals surface area contributed by atoms with Gasteiger partial charge in [-0.15, -0.1) is 0 Å². The van der Waals surface area contributed by atoms with Crippen molar-refractivity contribution in [2.45, 2.75) is 45.9 Å². The Kier molecular flexibility index (Phi) is 6.55. The van der Waals surface area contributed by atoms with Crippen molar-refractivity contribution < 1.29 is 23.0 Å². The number of alkyl carbamates (subject to hydrolysis) is 1. The molecule has 1 aromatic heterocycles. The highest BCUT2D eigenvalue weighted by Gasteiger charge is 2.19. The molecular weight excluding hydrogens is 378 g/mol. The average Bonchev–Trinajstić information content (AvgIpc) is 2.36. The number of pyridine rings is 1. The molecule has 0 spiro atoms. The third kappa shape index (κ3) is 6.55. The molecule has 1 rings (SSSR count). The summed E-state index contributed by atoms with van der Waals surface area (Å²) in [6, 6.07) is 0.810. The minimum Gasteiger partial charge on any atom is -0.486 e. The minimum absolute atomic E-state index is 0.0752. The van der Waals surface area contributed by atoms with E-state index in [1.165, 1.54) is 6.07 Å². The van der Waals surface area contributed by atoms with Gasteiger partial charge >= 0.3 is 12.6 Å². The average molecular weight is 397 g/mol. The summed E-state index contributed by atoms with van der Waals surface area (Å²) in [5.74, 6) is -0.238. The number of nitrogens with zero attached hydrogens (tertiary/aromatic N) is 1. The summed E-state index contributed by atoms with van der Waals surface area (Å²) in [6.07, 6.45) is 0.343. The zero-order valence-electron chi connectivity index (χ0n) is 13.2. The number of amides is 1. The Morgan fingerprint density at radius 1 is 1.43 bits per heavy atom. The smallest absolute Gasteiger partial charge is 0.407 e. The Balaban J connectivity index is 2.68. The van der Waals surface area contributed by atoms with Crippen LogP contribution in [0.25, 0.3) is 0 Å². The first-order chi connectivity index (χ1) is 10.5. The van der Waals surface area contributed by atoms with Gasteiger partial charge in [-0.05, 0) is 43.6 Å². The topological polar surface area (TPSA) is 69.6 Å². The lowest BCUT2D eigenvalue weighted by atomic mass is 10.2.